The molecule has 7 heteroatoms. The van der Waals surface area contributed by atoms with E-state index in [4.69, 9.17) is 9.47 Å². The second-order valence-electron chi connectivity index (χ2n) is 6.43. The lowest BCUT2D eigenvalue weighted by Gasteiger charge is -2.17. The smallest absolute Gasteiger partial charge is 0.240 e. The summed E-state index contributed by atoms with van der Waals surface area (Å²) in [5.41, 5.74) is 2.52. The molecule has 0 aliphatic rings. The zero-order valence-electron chi connectivity index (χ0n) is 16.0. The van der Waals surface area contributed by atoms with Crippen molar-refractivity contribution in [2.45, 2.75) is 19.6 Å². The lowest BCUT2D eigenvalue weighted by Crippen LogP contribution is -2.31. The van der Waals surface area contributed by atoms with Crippen molar-refractivity contribution in [1.29, 1.82) is 0 Å². The average molecular weight is 447 g/mol. The third-order valence-corrected chi connectivity index (χ3v) is 5.74. The largest absolute Gasteiger partial charge is 0.497 e. The second-order valence-corrected chi connectivity index (χ2v) is 7.22. The van der Waals surface area contributed by atoms with E-state index in [-0.39, 0.29) is 19.0 Å². The van der Waals surface area contributed by atoms with Gasteiger partial charge in [-0.1, -0.05) is 18.2 Å². The average Bonchev–Trinajstić information content (AvgIpc) is 2.96. The zero-order chi connectivity index (χ0) is 20.3. The Morgan fingerprint density at radius 2 is 1.96 bits per heavy atom. The van der Waals surface area contributed by atoms with Gasteiger partial charge in [0, 0.05) is 33.2 Å². The van der Waals surface area contributed by atoms with Gasteiger partial charge in [-0.25, -0.2) is 0 Å². The number of aromatic nitrogens is 1. The Morgan fingerprint density at radius 3 is 2.68 bits per heavy atom. The Hall–Kier alpha value is -2.51. The Labute approximate surface area is 172 Å². The number of aliphatic hydroxyl groups excluding tert-OH is 1. The number of methoxy groups -OCH3 is 2. The molecule has 0 radical (unpaired) electrons. The topological polar surface area (TPSA) is 72.7 Å². The molecule has 0 aliphatic heterocycles. The summed E-state index contributed by atoms with van der Waals surface area (Å²) in [6, 6.07) is 13.1. The summed E-state index contributed by atoms with van der Waals surface area (Å²) < 4.78 is 13.4. The number of carbonyl (C=O) groups is 1. The quantitative estimate of drug-likeness (QED) is 0.581. The molecular weight excluding hydrogens is 424 g/mol. The summed E-state index contributed by atoms with van der Waals surface area (Å²) in [6.45, 7) is 2.20. The number of halogens is 1. The van der Waals surface area contributed by atoms with Crippen molar-refractivity contribution in [3.8, 4) is 11.5 Å². The van der Waals surface area contributed by atoms with Crippen LogP contribution in [-0.2, 0) is 11.3 Å². The van der Waals surface area contributed by atoms with E-state index in [1.807, 2.05) is 35.8 Å². The van der Waals surface area contributed by atoms with Crippen molar-refractivity contribution in [3.05, 3.63) is 58.2 Å². The number of nitrogens with one attached hydrogen (secondary N) is 1. The molecule has 0 spiro atoms. The number of ether oxygens (including phenoxy) is 2. The third kappa shape index (κ3) is 4.00. The number of aliphatic hydroxyl groups is 1. The molecule has 3 aromatic rings. The second kappa shape index (κ2) is 8.67. The Morgan fingerprint density at radius 1 is 1.21 bits per heavy atom. The molecule has 0 fully saturated rings. The predicted molar refractivity (Wildman–Crippen MR) is 112 cm³/mol. The van der Waals surface area contributed by atoms with Crippen LogP contribution in [0.25, 0.3) is 10.9 Å². The van der Waals surface area contributed by atoms with Crippen LogP contribution >= 0.6 is 15.9 Å². The van der Waals surface area contributed by atoms with E-state index < -0.39 is 6.10 Å². The first-order valence-corrected chi connectivity index (χ1v) is 9.65. The van der Waals surface area contributed by atoms with Crippen LogP contribution in [0.4, 0.5) is 0 Å². The Balaban J connectivity index is 1.71. The fourth-order valence-corrected chi connectivity index (χ4v) is 3.76. The van der Waals surface area contributed by atoms with Crippen LogP contribution in [0.5, 0.6) is 11.5 Å². The van der Waals surface area contributed by atoms with Gasteiger partial charge in [0.2, 0.25) is 5.91 Å². The number of fused-ring (bicyclic) bond motifs is 1. The van der Waals surface area contributed by atoms with E-state index in [1.165, 1.54) is 7.11 Å². The Bertz CT molecular complexity index is 999. The monoisotopic (exact) mass is 446 g/mol. The van der Waals surface area contributed by atoms with Crippen LogP contribution < -0.4 is 14.8 Å². The molecule has 148 valence electrons. The maximum absolute atomic E-state index is 12.5. The van der Waals surface area contributed by atoms with Crippen molar-refractivity contribution in [1.82, 2.24) is 9.88 Å². The molecule has 0 saturated carbocycles. The molecule has 1 aromatic heterocycles. The SMILES string of the molecule is COc1ccc(OC)c(C(O)CNC(=O)Cn2c(C)c(Br)c3ccccc32)c1. The number of nitrogens with zero attached hydrogens (tertiary/aromatic N) is 1. The molecular formula is C21H23BrN2O4. The number of hydrogen-bond donors (Lipinski definition) is 2. The molecule has 1 heterocycles. The van der Waals surface area contributed by atoms with Crippen LogP contribution in [0.1, 0.15) is 17.4 Å². The highest BCUT2D eigenvalue weighted by Gasteiger charge is 2.17. The summed E-state index contributed by atoms with van der Waals surface area (Å²) >= 11 is 3.60. The van der Waals surface area contributed by atoms with Gasteiger partial charge in [0.25, 0.3) is 0 Å². The number of carbonyl (C=O) groups excluding carboxylic acids is 1. The fraction of sp³-hybridized carbons (Fsp3) is 0.286. The summed E-state index contributed by atoms with van der Waals surface area (Å²) in [5, 5.41) is 14.4. The molecule has 0 aliphatic carbocycles. The van der Waals surface area contributed by atoms with Gasteiger partial charge in [-0.05, 0) is 47.1 Å². The summed E-state index contributed by atoms with van der Waals surface area (Å²) in [4.78, 5) is 12.5. The molecule has 0 bridgehead atoms. The van der Waals surface area contributed by atoms with Crippen LogP contribution in [0, 0.1) is 6.92 Å². The number of amides is 1. The van der Waals surface area contributed by atoms with Gasteiger partial charge in [0.1, 0.15) is 18.0 Å². The molecule has 28 heavy (non-hydrogen) atoms. The molecule has 3 rings (SSSR count). The Kier molecular flexibility index (Phi) is 6.26. The van der Waals surface area contributed by atoms with Crippen LogP contribution in [0.15, 0.2) is 46.9 Å². The predicted octanol–water partition coefficient (Wildman–Crippen LogP) is 3.58. The van der Waals surface area contributed by atoms with Gasteiger partial charge in [-0.3, -0.25) is 4.79 Å². The van der Waals surface area contributed by atoms with Gasteiger partial charge >= 0.3 is 0 Å². The van der Waals surface area contributed by atoms with Crippen molar-refractivity contribution in [2.24, 2.45) is 0 Å². The van der Waals surface area contributed by atoms with Crippen LogP contribution in [-0.4, -0.2) is 36.3 Å². The summed E-state index contributed by atoms with van der Waals surface area (Å²) in [7, 11) is 3.09. The lowest BCUT2D eigenvalue weighted by atomic mass is 10.1. The maximum Gasteiger partial charge on any atom is 0.240 e. The minimum absolute atomic E-state index is 0.0712. The highest BCUT2D eigenvalue weighted by atomic mass is 79.9. The normalized spacial score (nSPS) is 12.0. The van der Waals surface area contributed by atoms with Gasteiger partial charge in [-0.2, -0.15) is 0 Å². The first kappa shape index (κ1) is 20.2. The molecule has 6 nitrogen and oxygen atoms in total. The number of para-hydroxylation sites is 1. The molecule has 1 atom stereocenters. The fourth-order valence-electron chi connectivity index (χ4n) is 3.21. The van der Waals surface area contributed by atoms with Gasteiger partial charge in [-0.15, -0.1) is 0 Å². The van der Waals surface area contributed by atoms with Gasteiger partial charge in [0.15, 0.2) is 0 Å². The van der Waals surface area contributed by atoms with Gasteiger partial charge < -0.3 is 24.5 Å². The number of rotatable bonds is 7. The third-order valence-electron chi connectivity index (χ3n) is 4.74. The molecule has 1 unspecified atom stereocenters. The minimum atomic E-state index is -0.914. The number of hydrogen-bond acceptors (Lipinski definition) is 4. The molecule has 2 N–H and O–H groups in total. The standard InChI is InChI=1S/C21H23BrN2O4/c1-13-21(22)15-6-4-5-7-17(15)24(13)12-20(26)23-11-18(25)16-10-14(27-2)8-9-19(16)28-3/h4-10,18,25H,11-12H2,1-3H3,(H,23,26). The van der Waals surface area contributed by atoms with Crippen molar-refractivity contribution < 1.29 is 19.4 Å². The lowest BCUT2D eigenvalue weighted by molar-refractivity contribution is -0.122. The highest BCUT2D eigenvalue weighted by Crippen LogP contribution is 2.31. The first-order valence-electron chi connectivity index (χ1n) is 8.86. The van der Waals surface area contributed by atoms with E-state index >= 15 is 0 Å². The molecule has 1 amide bonds. The van der Waals surface area contributed by atoms with E-state index in [0.29, 0.717) is 17.1 Å². The van der Waals surface area contributed by atoms with Gasteiger partial charge in [0.05, 0.1) is 20.3 Å². The van der Waals surface area contributed by atoms with Crippen molar-refractivity contribution >= 4 is 32.7 Å². The minimum Gasteiger partial charge on any atom is -0.497 e. The van der Waals surface area contributed by atoms with E-state index in [0.717, 1.165) is 21.1 Å². The maximum atomic E-state index is 12.5. The van der Waals surface area contributed by atoms with Crippen LogP contribution in [0.2, 0.25) is 0 Å². The van der Waals surface area contributed by atoms with E-state index in [9.17, 15) is 9.90 Å². The zero-order valence-corrected chi connectivity index (χ0v) is 17.6. The van der Waals surface area contributed by atoms with E-state index in [2.05, 4.69) is 21.2 Å². The summed E-state index contributed by atoms with van der Waals surface area (Å²) in [5.74, 6) is 0.969. The first-order chi connectivity index (χ1) is 13.5. The van der Waals surface area contributed by atoms with Crippen molar-refractivity contribution in [3.63, 3.8) is 0 Å². The van der Waals surface area contributed by atoms with Crippen molar-refractivity contribution in [2.75, 3.05) is 20.8 Å². The highest BCUT2D eigenvalue weighted by molar-refractivity contribution is 9.10. The number of benzene rings is 2. The van der Waals surface area contributed by atoms with E-state index in [1.54, 1.807) is 25.3 Å². The van der Waals surface area contributed by atoms with Crippen LogP contribution in [0.3, 0.4) is 0 Å². The molecule has 2 aromatic carbocycles. The summed E-state index contributed by atoms with van der Waals surface area (Å²) in [6.07, 6.45) is -0.914. The molecule has 0 saturated heterocycles.